The SMILES string of the molecule is COCCNCC(C)=Cc1sc(N2CCCCC2)nc1C. The highest BCUT2D eigenvalue weighted by Crippen LogP contribution is 2.29. The molecule has 1 saturated heterocycles. The lowest BCUT2D eigenvalue weighted by Gasteiger charge is -2.25. The van der Waals surface area contributed by atoms with Gasteiger partial charge in [-0.15, -0.1) is 0 Å². The Morgan fingerprint density at radius 1 is 1.38 bits per heavy atom. The van der Waals surface area contributed by atoms with Gasteiger partial charge in [0.2, 0.25) is 0 Å². The number of hydrogen-bond acceptors (Lipinski definition) is 5. The Balaban J connectivity index is 1.94. The van der Waals surface area contributed by atoms with Gasteiger partial charge in [-0.3, -0.25) is 0 Å². The van der Waals surface area contributed by atoms with E-state index in [-0.39, 0.29) is 0 Å². The van der Waals surface area contributed by atoms with Gasteiger partial charge in [0.25, 0.3) is 0 Å². The van der Waals surface area contributed by atoms with Crippen LogP contribution in [0.1, 0.15) is 36.8 Å². The summed E-state index contributed by atoms with van der Waals surface area (Å²) < 4.78 is 5.04. The molecule has 4 nitrogen and oxygen atoms in total. The lowest BCUT2D eigenvalue weighted by Crippen LogP contribution is -2.29. The third kappa shape index (κ3) is 5.09. The first-order chi connectivity index (χ1) is 10.2. The molecule has 0 spiro atoms. The van der Waals surface area contributed by atoms with Crippen molar-refractivity contribution in [2.45, 2.75) is 33.1 Å². The highest BCUT2D eigenvalue weighted by atomic mass is 32.1. The Morgan fingerprint density at radius 3 is 2.86 bits per heavy atom. The topological polar surface area (TPSA) is 37.4 Å². The Morgan fingerprint density at radius 2 is 2.14 bits per heavy atom. The van der Waals surface area contributed by atoms with Gasteiger partial charge in [-0.2, -0.15) is 0 Å². The summed E-state index contributed by atoms with van der Waals surface area (Å²) in [5.74, 6) is 0. The van der Waals surface area contributed by atoms with Crippen LogP contribution in [0.25, 0.3) is 6.08 Å². The third-order valence-corrected chi connectivity index (χ3v) is 4.88. The lowest BCUT2D eigenvalue weighted by molar-refractivity contribution is 0.200. The Bertz CT molecular complexity index is 464. The molecule has 5 heteroatoms. The van der Waals surface area contributed by atoms with Gasteiger partial charge in [-0.25, -0.2) is 4.98 Å². The predicted molar refractivity (Wildman–Crippen MR) is 91.3 cm³/mol. The maximum atomic E-state index is 5.04. The zero-order valence-electron chi connectivity index (χ0n) is 13.4. The number of hydrogen-bond donors (Lipinski definition) is 1. The largest absolute Gasteiger partial charge is 0.383 e. The highest BCUT2D eigenvalue weighted by Gasteiger charge is 2.15. The van der Waals surface area contributed by atoms with Crippen molar-refractivity contribution in [2.75, 3.05) is 44.8 Å². The van der Waals surface area contributed by atoms with E-state index in [2.05, 4.69) is 30.1 Å². The van der Waals surface area contributed by atoms with Crippen molar-refractivity contribution in [1.29, 1.82) is 0 Å². The predicted octanol–water partition coefficient (Wildman–Crippen LogP) is 3.08. The number of anilines is 1. The smallest absolute Gasteiger partial charge is 0.186 e. The van der Waals surface area contributed by atoms with E-state index in [9.17, 15) is 0 Å². The standard InChI is InChI=1S/C16H27N3OS/c1-13(12-17-7-10-20-3)11-15-14(2)18-16(21-15)19-8-5-4-6-9-19/h11,17H,4-10,12H2,1-3H3. The number of rotatable bonds is 7. The van der Waals surface area contributed by atoms with Crippen LogP contribution in [-0.4, -0.2) is 44.9 Å². The summed E-state index contributed by atoms with van der Waals surface area (Å²) in [6.07, 6.45) is 6.22. The van der Waals surface area contributed by atoms with E-state index in [1.54, 1.807) is 7.11 Å². The molecule has 1 aromatic rings. The van der Waals surface area contributed by atoms with Crippen molar-refractivity contribution >= 4 is 22.5 Å². The van der Waals surface area contributed by atoms with E-state index in [1.165, 1.54) is 34.8 Å². The number of nitrogens with zero attached hydrogens (tertiary/aromatic N) is 2. The van der Waals surface area contributed by atoms with E-state index < -0.39 is 0 Å². The molecule has 1 aliphatic heterocycles. The molecular formula is C16H27N3OS. The van der Waals surface area contributed by atoms with Crippen LogP contribution in [0.15, 0.2) is 5.57 Å². The molecule has 1 aliphatic rings. The summed E-state index contributed by atoms with van der Waals surface area (Å²) in [4.78, 5) is 8.48. The molecule has 0 aliphatic carbocycles. The van der Waals surface area contributed by atoms with Gasteiger partial charge in [0.15, 0.2) is 5.13 Å². The van der Waals surface area contributed by atoms with Gasteiger partial charge in [0, 0.05) is 33.3 Å². The average molecular weight is 309 g/mol. The summed E-state index contributed by atoms with van der Waals surface area (Å²) in [5.41, 5.74) is 2.49. The number of aryl methyl sites for hydroxylation is 1. The third-order valence-electron chi connectivity index (χ3n) is 3.71. The molecule has 0 aromatic carbocycles. The van der Waals surface area contributed by atoms with Crippen molar-refractivity contribution < 1.29 is 4.74 Å². The van der Waals surface area contributed by atoms with Gasteiger partial charge in [0.1, 0.15) is 0 Å². The summed E-state index contributed by atoms with van der Waals surface area (Å²) in [6, 6.07) is 0. The van der Waals surface area contributed by atoms with E-state index in [0.29, 0.717) is 0 Å². The fourth-order valence-electron chi connectivity index (χ4n) is 2.48. The fraction of sp³-hybridized carbons (Fsp3) is 0.688. The molecule has 1 N–H and O–H groups in total. The second-order valence-corrected chi connectivity index (χ2v) is 6.66. The van der Waals surface area contributed by atoms with Crippen LogP contribution in [0.5, 0.6) is 0 Å². The van der Waals surface area contributed by atoms with E-state index >= 15 is 0 Å². The number of thiazole rings is 1. The monoisotopic (exact) mass is 309 g/mol. The minimum absolute atomic E-state index is 0.756. The Hall–Kier alpha value is -0.910. The number of piperidine rings is 1. The van der Waals surface area contributed by atoms with Crippen molar-refractivity contribution in [3.63, 3.8) is 0 Å². The molecule has 1 aromatic heterocycles. The lowest BCUT2D eigenvalue weighted by atomic mass is 10.1. The molecule has 0 bridgehead atoms. The number of nitrogens with one attached hydrogen (secondary N) is 1. The second kappa shape index (κ2) is 8.51. The zero-order valence-corrected chi connectivity index (χ0v) is 14.3. The first-order valence-electron chi connectivity index (χ1n) is 7.80. The van der Waals surface area contributed by atoms with Gasteiger partial charge in [-0.1, -0.05) is 16.9 Å². The molecular weight excluding hydrogens is 282 g/mol. The first-order valence-corrected chi connectivity index (χ1v) is 8.61. The fourth-order valence-corrected chi connectivity index (χ4v) is 3.63. The minimum Gasteiger partial charge on any atom is -0.383 e. The van der Waals surface area contributed by atoms with Crippen LogP contribution >= 0.6 is 11.3 Å². The van der Waals surface area contributed by atoms with Gasteiger partial charge < -0.3 is 15.0 Å². The maximum absolute atomic E-state index is 5.04. The average Bonchev–Trinajstić information content (AvgIpc) is 2.86. The van der Waals surface area contributed by atoms with Crippen molar-refractivity contribution in [3.05, 3.63) is 16.1 Å². The Labute approximate surface area is 132 Å². The van der Waals surface area contributed by atoms with Crippen LogP contribution < -0.4 is 10.2 Å². The quantitative estimate of drug-likeness (QED) is 0.786. The minimum atomic E-state index is 0.756. The molecule has 0 amide bonds. The second-order valence-electron chi connectivity index (χ2n) is 5.65. The molecule has 2 heterocycles. The maximum Gasteiger partial charge on any atom is 0.186 e. The summed E-state index contributed by atoms with van der Waals surface area (Å²) in [6.45, 7) is 9.15. The summed E-state index contributed by atoms with van der Waals surface area (Å²) >= 11 is 1.82. The van der Waals surface area contributed by atoms with E-state index in [1.807, 2.05) is 11.3 Å². The van der Waals surface area contributed by atoms with E-state index in [4.69, 9.17) is 9.72 Å². The number of methoxy groups -OCH3 is 1. The molecule has 0 radical (unpaired) electrons. The highest BCUT2D eigenvalue weighted by molar-refractivity contribution is 7.16. The molecule has 21 heavy (non-hydrogen) atoms. The van der Waals surface area contributed by atoms with Crippen molar-refractivity contribution in [3.8, 4) is 0 Å². The van der Waals surface area contributed by atoms with Crippen LogP contribution in [0.2, 0.25) is 0 Å². The number of aromatic nitrogens is 1. The summed E-state index contributed by atoms with van der Waals surface area (Å²) in [5, 5.41) is 4.57. The normalized spacial score (nSPS) is 16.5. The molecule has 118 valence electrons. The molecule has 0 atom stereocenters. The van der Waals surface area contributed by atoms with Gasteiger partial charge >= 0.3 is 0 Å². The van der Waals surface area contributed by atoms with Crippen LogP contribution in [0.4, 0.5) is 5.13 Å². The molecule has 1 fully saturated rings. The zero-order chi connectivity index (χ0) is 15.1. The van der Waals surface area contributed by atoms with Gasteiger partial charge in [0.05, 0.1) is 17.2 Å². The number of ether oxygens (including phenoxy) is 1. The van der Waals surface area contributed by atoms with Crippen molar-refractivity contribution in [2.24, 2.45) is 0 Å². The van der Waals surface area contributed by atoms with Crippen LogP contribution in [0, 0.1) is 6.92 Å². The molecule has 0 unspecified atom stereocenters. The van der Waals surface area contributed by atoms with Crippen LogP contribution in [-0.2, 0) is 4.74 Å². The molecule has 0 saturated carbocycles. The summed E-state index contributed by atoms with van der Waals surface area (Å²) in [7, 11) is 1.73. The molecule has 2 rings (SSSR count). The van der Waals surface area contributed by atoms with E-state index in [0.717, 1.165) is 38.5 Å². The van der Waals surface area contributed by atoms with Gasteiger partial charge in [-0.05, 0) is 39.2 Å². The van der Waals surface area contributed by atoms with Crippen molar-refractivity contribution in [1.82, 2.24) is 10.3 Å². The Kier molecular flexibility index (Phi) is 6.67. The van der Waals surface area contributed by atoms with Crippen LogP contribution in [0.3, 0.4) is 0 Å². The first kappa shape index (κ1) is 16.5.